The molecule has 170 valence electrons. The van der Waals surface area contributed by atoms with E-state index in [0.717, 1.165) is 5.56 Å². The van der Waals surface area contributed by atoms with Gasteiger partial charge in [-0.3, -0.25) is 4.79 Å². The van der Waals surface area contributed by atoms with Crippen molar-refractivity contribution < 1.29 is 17.9 Å². The van der Waals surface area contributed by atoms with Crippen molar-refractivity contribution in [2.45, 2.75) is 11.4 Å². The van der Waals surface area contributed by atoms with Crippen LogP contribution in [0.5, 0.6) is 0 Å². The average Bonchev–Trinajstić information content (AvgIpc) is 3.21. The lowest BCUT2D eigenvalue weighted by Gasteiger charge is -2.08. The van der Waals surface area contributed by atoms with Gasteiger partial charge in [-0.1, -0.05) is 17.3 Å². The van der Waals surface area contributed by atoms with Gasteiger partial charge in [-0.25, -0.2) is 18.5 Å². The minimum atomic E-state index is -3.77. The monoisotopic (exact) mass is 468 g/mol. The zero-order chi connectivity index (χ0) is 23.4. The molecule has 2 aromatic carbocycles. The summed E-state index contributed by atoms with van der Waals surface area (Å²) in [6, 6.07) is 13.3. The third kappa shape index (κ3) is 5.28. The molecule has 4 aromatic rings. The lowest BCUT2D eigenvalue weighted by molar-refractivity contribution is -0.124. The number of nitrogens with two attached hydrogens (primary N) is 1. The molecule has 1 amide bonds. The Bertz CT molecular complexity index is 1400. The summed E-state index contributed by atoms with van der Waals surface area (Å²) in [6.45, 7) is 0.323. The Morgan fingerprint density at radius 3 is 2.70 bits per heavy atom. The Kier molecular flexibility index (Phi) is 6.26. The number of amides is 1. The molecule has 0 unspecified atom stereocenters. The van der Waals surface area contributed by atoms with E-state index in [1.54, 1.807) is 16.8 Å². The number of methoxy groups -OCH3 is 1. The van der Waals surface area contributed by atoms with E-state index in [4.69, 9.17) is 9.88 Å². The molecule has 0 bridgehead atoms. The first-order valence-corrected chi connectivity index (χ1v) is 11.2. The highest BCUT2D eigenvalue weighted by Crippen LogP contribution is 2.19. The highest BCUT2D eigenvalue weighted by Gasteiger charge is 2.12. The molecular formula is C20H20N8O4S. The highest BCUT2D eigenvalue weighted by molar-refractivity contribution is 7.89. The van der Waals surface area contributed by atoms with Crippen LogP contribution in [0.4, 0.5) is 11.6 Å². The second-order valence-corrected chi connectivity index (χ2v) is 8.54. The molecule has 0 atom stereocenters. The number of carbonyl (C=O) groups is 1. The van der Waals surface area contributed by atoms with E-state index in [2.05, 4.69) is 30.9 Å². The number of carbonyl (C=O) groups excluding carboxylic acids is 1. The summed E-state index contributed by atoms with van der Waals surface area (Å²) in [5.74, 6) is 0.0621. The summed E-state index contributed by atoms with van der Waals surface area (Å²) in [7, 11) is -2.31. The van der Waals surface area contributed by atoms with Gasteiger partial charge in [0.1, 0.15) is 6.61 Å². The molecule has 0 fully saturated rings. The van der Waals surface area contributed by atoms with E-state index in [1.807, 2.05) is 24.3 Å². The van der Waals surface area contributed by atoms with Gasteiger partial charge in [0.15, 0.2) is 11.2 Å². The molecule has 0 aliphatic rings. The van der Waals surface area contributed by atoms with Crippen LogP contribution in [0.25, 0.3) is 16.9 Å². The molecule has 0 spiro atoms. The molecular weight excluding hydrogens is 448 g/mol. The molecule has 12 nitrogen and oxygen atoms in total. The number of aromatic nitrogens is 5. The first-order valence-electron chi connectivity index (χ1n) is 9.67. The van der Waals surface area contributed by atoms with E-state index >= 15 is 0 Å². The van der Waals surface area contributed by atoms with Crippen molar-refractivity contribution in [3.8, 4) is 5.69 Å². The van der Waals surface area contributed by atoms with Crippen LogP contribution >= 0.6 is 0 Å². The predicted octanol–water partition coefficient (Wildman–Crippen LogP) is 0.864. The molecule has 4 rings (SSSR count). The number of anilines is 2. The number of hydrogen-bond acceptors (Lipinski definition) is 9. The Morgan fingerprint density at radius 2 is 1.97 bits per heavy atom. The van der Waals surface area contributed by atoms with Gasteiger partial charge in [-0.15, -0.1) is 5.10 Å². The molecule has 13 heteroatoms. The number of rotatable bonds is 8. The third-order valence-corrected chi connectivity index (χ3v) is 5.48. The van der Waals surface area contributed by atoms with E-state index in [1.165, 1.54) is 25.4 Å². The topological polar surface area (TPSA) is 167 Å². The van der Waals surface area contributed by atoms with Crippen LogP contribution in [0.15, 0.2) is 59.6 Å². The molecule has 0 saturated carbocycles. The number of nitrogens with zero attached hydrogens (tertiary/aromatic N) is 5. The fraction of sp³-hybridized carbons (Fsp3) is 0.150. The molecule has 2 heterocycles. The second-order valence-electron chi connectivity index (χ2n) is 6.98. The van der Waals surface area contributed by atoms with Crippen molar-refractivity contribution in [3.05, 3.63) is 60.3 Å². The third-order valence-electron chi connectivity index (χ3n) is 4.55. The number of sulfonamides is 1. The maximum absolute atomic E-state index is 11.6. The largest absolute Gasteiger partial charge is 0.375 e. The van der Waals surface area contributed by atoms with Crippen molar-refractivity contribution >= 4 is 38.7 Å². The first-order chi connectivity index (χ1) is 15.8. The van der Waals surface area contributed by atoms with E-state index in [0.29, 0.717) is 29.1 Å². The Morgan fingerprint density at radius 1 is 1.18 bits per heavy atom. The van der Waals surface area contributed by atoms with Crippen LogP contribution in [0.1, 0.15) is 5.56 Å². The van der Waals surface area contributed by atoms with Crippen molar-refractivity contribution in [2.24, 2.45) is 5.14 Å². The van der Waals surface area contributed by atoms with Gasteiger partial charge in [0.25, 0.3) is 0 Å². The van der Waals surface area contributed by atoms with E-state index in [-0.39, 0.29) is 23.4 Å². The van der Waals surface area contributed by atoms with Crippen LogP contribution in [0.2, 0.25) is 0 Å². The summed E-state index contributed by atoms with van der Waals surface area (Å²) in [6.07, 6.45) is 1.53. The highest BCUT2D eigenvalue weighted by atomic mass is 32.2. The predicted molar refractivity (Wildman–Crippen MR) is 119 cm³/mol. The van der Waals surface area contributed by atoms with Gasteiger partial charge >= 0.3 is 0 Å². The second kappa shape index (κ2) is 9.28. The molecule has 0 aliphatic heterocycles. The molecule has 2 aromatic heterocycles. The Labute approximate surface area is 188 Å². The van der Waals surface area contributed by atoms with Crippen LogP contribution in [-0.4, -0.2) is 53.0 Å². The Balaban J connectivity index is 1.57. The van der Waals surface area contributed by atoms with Crippen molar-refractivity contribution in [1.29, 1.82) is 0 Å². The fourth-order valence-electron chi connectivity index (χ4n) is 3.00. The number of fused-ring (bicyclic) bond motifs is 1. The molecule has 0 radical (unpaired) electrons. The Hall–Kier alpha value is -3.94. The number of benzene rings is 2. The quantitative estimate of drug-likeness (QED) is 0.340. The number of nitrogens with one attached hydrogen (secondary N) is 2. The number of hydrogen-bond donors (Lipinski definition) is 3. The molecule has 33 heavy (non-hydrogen) atoms. The average molecular weight is 468 g/mol. The lowest BCUT2D eigenvalue weighted by atomic mass is 10.2. The summed E-state index contributed by atoms with van der Waals surface area (Å²) < 4.78 is 29.2. The molecule has 4 N–H and O–H groups in total. The van der Waals surface area contributed by atoms with Crippen LogP contribution in [0, 0.1) is 0 Å². The van der Waals surface area contributed by atoms with Crippen LogP contribution in [0.3, 0.4) is 0 Å². The van der Waals surface area contributed by atoms with Gasteiger partial charge in [0, 0.05) is 19.3 Å². The minimum absolute atomic E-state index is 0.00462. The summed E-state index contributed by atoms with van der Waals surface area (Å²) in [5, 5.41) is 19.2. The molecule has 0 saturated heterocycles. The van der Waals surface area contributed by atoms with Gasteiger partial charge in [0.2, 0.25) is 21.9 Å². The summed E-state index contributed by atoms with van der Waals surface area (Å²) in [4.78, 5) is 20.4. The first kappa shape index (κ1) is 22.3. The van der Waals surface area contributed by atoms with Crippen molar-refractivity contribution in [2.75, 3.05) is 19.0 Å². The number of ether oxygens (including phenoxy) is 1. The van der Waals surface area contributed by atoms with E-state index in [9.17, 15) is 13.2 Å². The fourth-order valence-corrected chi connectivity index (χ4v) is 3.52. The van der Waals surface area contributed by atoms with E-state index < -0.39 is 10.0 Å². The van der Waals surface area contributed by atoms with Crippen molar-refractivity contribution in [1.82, 2.24) is 30.3 Å². The molecule has 0 aliphatic carbocycles. The normalized spacial score (nSPS) is 11.5. The van der Waals surface area contributed by atoms with Gasteiger partial charge in [0.05, 0.1) is 16.8 Å². The SMILES string of the molecule is COCC(=O)NCc1cccc(-n2nnc3cnc(Nc4ccc(S(N)(=O)=O)cc4)nc32)c1. The van der Waals surface area contributed by atoms with Crippen LogP contribution < -0.4 is 15.8 Å². The zero-order valence-electron chi connectivity index (χ0n) is 17.5. The van der Waals surface area contributed by atoms with Gasteiger partial charge in [-0.05, 0) is 42.0 Å². The maximum atomic E-state index is 11.6. The lowest BCUT2D eigenvalue weighted by Crippen LogP contribution is -2.26. The maximum Gasteiger partial charge on any atom is 0.246 e. The number of primary sulfonamides is 1. The van der Waals surface area contributed by atoms with Crippen LogP contribution in [-0.2, 0) is 26.1 Å². The summed E-state index contributed by atoms with van der Waals surface area (Å²) in [5.41, 5.74) is 3.11. The van der Waals surface area contributed by atoms with Gasteiger partial charge < -0.3 is 15.4 Å². The van der Waals surface area contributed by atoms with Gasteiger partial charge in [-0.2, -0.15) is 9.67 Å². The smallest absolute Gasteiger partial charge is 0.246 e. The zero-order valence-corrected chi connectivity index (χ0v) is 18.3. The summed E-state index contributed by atoms with van der Waals surface area (Å²) >= 11 is 0. The van der Waals surface area contributed by atoms with Crippen molar-refractivity contribution in [3.63, 3.8) is 0 Å². The standard InChI is InChI=1S/C20H20N8O4S/c1-32-12-18(29)22-10-13-3-2-4-15(9-13)28-19-17(26-27-28)11-23-20(25-19)24-14-5-7-16(8-6-14)33(21,30)31/h2-9,11H,10,12H2,1H3,(H,22,29)(H2,21,30,31)(H,23,24,25). The minimum Gasteiger partial charge on any atom is -0.375 e.